The number of halogens is 3. The zero-order chi connectivity index (χ0) is 18.9. The topological polar surface area (TPSA) is 43.7 Å². The Morgan fingerprint density at radius 3 is 2.32 bits per heavy atom. The van der Waals surface area contributed by atoms with E-state index < -0.39 is 24.0 Å². The van der Waals surface area contributed by atoms with Crippen LogP contribution < -0.4 is 0 Å². The lowest BCUT2D eigenvalue weighted by Crippen LogP contribution is -2.45. The zero-order valence-electron chi connectivity index (χ0n) is 14.2. The molecule has 25 heavy (non-hydrogen) atoms. The third-order valence-electron chi connectivity index (χ3n) is 4.56. The lowest BCUT2D eigenvalue weighted by atomic mass is 10.0. The molecule has 1 aromatic rings. The molecule has 2 N–H and O–H groups in total. The lowest BCUT2D eigenvalue weighted by molar-refractivity contribution is -0.0918. The highest BCUT2D eigenvalue weighted by Crippen LogP contribution is 2.37. The van der Waals surface area contributed by atoms with E-state index in [1.807, 2.05) is 4.90 Å². The molecular formula is C18H22F3NO2S. The van der Waals surface area contributed by atoms with E-state index in [2.05, 4.69) is 13.2 Å². The summed E-state index contributed by atoms with van der Waals surface area (Å²) in [5, 5.41) is 19.4. The van der Waals surface area contributed by atoms with Crippen LogP contribution in [-0.2, 0) is 0 Å². The van der Waals surface area contributed by atoms with Crippen molar-refractivity contribution in [3.8, 4) is 0 Å². The van der Waals surface area contributed by atoms with Crippen LogP contribution in [0.4, 0.5) is 13.2 Å². The van der Waals surface area contributed by atoms with Crippen molar-refractivity contribution in [1.82, 2.24) is 4.90 Å². The molecule has 1 aliphatic heterocycles. The number of likely N-dealkylation sites (tertiary alicyclic amines) is 1. The average Bonchev–Trinajstić information content (AvgIpc) is 3.03. The molecule has 0 radical (unpaired) electrons. The molecule has 1 aliphatic rings. The SMILES string of the molecule is C=C(/C(C)=C(\C)C(F)(F)F)c1ccc(C(=C)N2CC[C@@H](O)[C@@H](O)C2)s1. The van der Waals surface area contributed by atoms with E-state index in [0.29, 0.717) is 29.1 Å². The molecule has 0 unspecified atom stereocenters. The van der Waals surface area contributed by atoms with Crippen molar-refractivity contribution in [2.75, 3.05) is 13.1 Å². The van der Waals surface area contributed by atoms with Gasteiger partial charge >= 0.3 is 6.18 Å². The van der Waals surface area contributed by atoms with Crippen LogP contribution in [-0.4, -0.2) is 46.6 Å². The number of β-amino-alcohol motifs (C(OH)–C–C–N with tert-alkyl or cyclic N) is 1. The summed E-state index contributed by atoms with van der Waals surface area (Å²) in [4.78, 5) is 3.33. The van der Waals surface area contributed by atoms with Crippen LogP contribution in [0, 0.1) is 0 Å². The van der Waals surface area contributed by atoms with Gasteiger partial charge < -0.3 is 15.1 Å². The maximum atomic E-state index is 12.9. The van der Waals surface area contributed by atoms with Crippen molar-refractivity contribution in [1.29, 1.82) is 0 Å². The highest BCUT2D eigenvalue weighted by molar-refractivity contribution is 7.14. The van der Waals surface area contributed by atoms with E-state index in [4.69, 9.17) is 0 Å². The first-order valence-corrected chi connectivity index (χ1v) is 8.68. The Balaban J connectivity index is 2.17. The Hall–Kier alpha value is -1.57. The minimum Gasteiger partial charge on any atom is -0.390 e. The van der Waals surface area contributed by atoms with E-state index in [1.54, 1.807) is 12.1 Å². The summed E-state index contributed by atoms with van der Waals surface area (Å²) < 4.78 is 38.6. The second-order valence-electron chi connectivity index (χ2n) is 6.21. The minimum atomic E-state index is -4.37. The van der Waals surface area contributed by atoms with E-state index >= 15 is 0 Å². The van der Waals surface area contributed by atoms with Crippen molar-refractivity contribution in [3.05, 3.63) is 46.2 Å². The maximum absolute atomic E-state index is 12.9. The molecule has 2 rings (SSSR count). The smallest absolute Gasteiger partial charge is 0.390 e. The monoisotopic (exact) mass is 373 g/mol. The lowest BCUT2D eigenvalue weighted by Gasteiger charge is -2.35. The van der Waals surface area contributed by atoms with Crippen LogP contribution in [0.5, 0.6) is 0 Å². The summed E-state index contributed by atoms with van der Waals surface area (Å²) in [7, 11) is 0. The summed E-state index contributed by atoms with van der Waals surface area (Å²) in [6, 6.07) is 3.52. The standard InChI is InChI=1S/C18H22F3NO2S/c1-10(12(3)18(19,20)21)11(2)16-5-6-17(25-16)13(4)22-8-7-14(23)15(24)9-22/h5-6,14-15,23-24H,2,4,7-9H2,1,3H3/b12-10+/t14-,15+/m1/s1. The number of alkyl halides is 3. The molecular weight excluding hydrogens is 351 g/mol. The molecule has 2 heterocycles. The first-order chi connectivity index (χ1) is 11.5. The van der Waals surface area contributed by atoms with Gasteiger partial charge in [-0.2, -0.15) is 13.2 Å². The van der Waals surface area contributed by atoms with E-state index in [-0.39, 0.29) is 12.1 Å². The molecule has 1 fully saturated rings. The van der Waals surface area contributed by atoms with Crippen molar-refractivity contribution in [2.24, 2.45) is 0 Å². The largest absolute Gasteiger partial charge is 0.412 e. The van der Waals surface area contributed by atoms with Crippen molar-refractivity contribution < 1.29 is 23.4 Å². The van der Waals surface area contributed by atoms with Crippen LogP contribution in [0.3, 0.4) is 0 Å². The Kier molecular flexibility index (Phi) is 5.81. The second kappa shape index (κ2) is 7.35. The van der Waals surface area contributed by atoms with E-state index in [1.165, 1.54) is 18.3 Å². The Bertz CT molecular complexity index is 705. The number of hydrogen-bond acceptors (Lipinski definition) is 4. The maximum Gasteiger partial charge on any atom is 0.412 e. The molecule has 0 amide bonds. The van der Waals surface area contributed by atoms with Gasteiger partial charge in [-0.1, -0.05) is 13.2 Å². The van der Waals surface area contributed by atoms with Crippen molar-refractivity contribution in [3.63, 3.8) is 0 Å². The molecule has 7 heteroatoms. The Morgan fingerprint density at radius 2 is 1.76 bits per heavy atom. The second-order valence-corrected chi connectivity index (χ2v) is 7.29. The predicted molar refractivity (Wildman–Crippen MR) is 95.0 cm³/mol. The number of nitrogens with zero attached hydrogens (tertiary/aromatic N) is 1. The third-order valence-corrected chi connectivity index (χ3v) is 5.75. The predicted octanol–water partition coefficient (Wildman–Crippen LogP) is 4.06. The molecule has 1 aromatic heterocycles. The zero-order valence-corrected chi connectivity index (χ0v) is 15.0. The van der Waals surface area contributed by atoms with Crippen LogP contribution >= 0.6 is 11.3 Å². The van der Waals surface area contributed by atoms with Crippen LogP contribution in [0.2, 0.25) is 0 Å². The van der Waals surface area contributed by atoms with E-state index in [0.717, 1.165) is 11.8 Å². The Labute approximate surface area is 149 Å². The fourth-order valence-electron chi connectivity index (χ4n) is 2.60. The number of aliphatic hydroxyl groups is 2. The number of thiophene rings is 1. The number of allylic oxidation sites excluding steroid dienone is 3. The van der Waals surface area contributed by atoms with Gasteiger partial charge in [-0.15, -0.1) is 11.3 Å². The molecule has 138 valence electrons. The third kappa shape index (κ3) is 4.34. The summed E-state index contributed by atoms with van der Waals surface area (Å²) in [6.45, 7) is 11.1. The van der Waals surface area contributed by atoms with Gasteiger partial charge in [-0.3, -0.25) is 0 Å². The molecule has 0 spiro atoms. The molecule has 0 bridgehead atoms. The van der Waals surface area contributed by atoms with E-state index in [9.17, 15) is 23.4 Å². The highest BCUT2D eigenvalue weighted by atomic mass is 32.1. The van der Waals surface area contributed by atoms with Crippen LogP contribution in [0.15, 0.2) is 36.4 Å². The number of hydrogen-bond donors (Lipinski definition) is 2. The highest BCUT2D eigenvalue weighted by Gasteiger charge is 2.32. The van der Waals surface area contributed by atoms with Gasteiger partial charge in [0.25, 0.3) is 0 Å². The minimum absolute atomic E-state index is 0.114. The van der Waals surface area contributed by atoms with Gasteiger partial charge in [0.1, 0.15) is 0 Å². The molecule has 0 aliphatic carbocycles. The van der Waals surface area contributed by atoms with Gasteiger partial charge in [0.2, 0.25) is 0 Å². The number of aliphatic hydroxyl groups excluding tert-OH is 2. The summed E-state index contributed by atoms with van der Waals surface area (Å²) in [5.41, 5.74) is 0.486. The first-order valence-electron chi connectivity index (χ1n) is 7.87. The molecule has 0 saturated carbocycles. The number of piperidine rings is 1. The fraction of sp³-hybridized carbons (Fsp3) is 0.444. The van der Waals surface area contributed by atoms with Crippen LogP contribution in [0.1, 0.15) is 30.0 Å². The molecule has 0 aromatic carbocycles. The summed E-state index contributed by atoms with van der Waals surface area (Å²) in [6.07, 6.45) is -5.50. The van der Waals surface area contributed by atoms with Gasteiger partial charge in [0.05, 0.1) is 17.1 Å². The van der Waals surface area contributed by atoms with Crippen molar-refractivity contribution in [2.45, 2.75) is 38.7 Å². The Morgan fingerprint density at radius 1 is 1.16 bits per heavy atom. The number of rotatable bonds is 4. The molecule has 1 saturated heterocycles. The first kappa shape index (κ1) is 19.8. The summed E-state index contributed by atoms with van der Waals surface area (Å²) >= 11 is 1.31. The molecule has 3 nitrogen and oxygen atoms in total. The van der Waals surface area contributed by atoms with Gasteiger partial charge in [-0.25, -0.2) is 0 Å². The summed E-state index contributed by atoms with van der Waals surface area (Å²) in [5.74, 6) is 0. The van der Waals surface area contributed by atoms with Gasteiger partial charge in [0, 0.05) is 29.2 Å². The van der Waals surface area contributed by atoms with Crippen LogP contribution in [0.25, 0.3) is 11.3 Å². The normalized spacial score (nSPS) is 22.6. The van der Waals surface area contributed by atoms with Gasteiger partial charge in [0.15, 0.2) is 0 Å². The fourth-order valence-corrected chi connectivity index (χ4v) is 3.63. The van der Waals surface area contributed by atoms with Crippen molar-refractivity contribution >= 4 is 22.6 Å². The van der Waals surface area contributed by atoms with Gasteiger partial charge in [-0.05, 0) is 43.5 Å². The average molecular weight is 373 g/mol. The molecule has 2 atom stereocenters. The quantitative estimate of drug-likeness (QED) is 0.783.